The van der Waals surface area contributed by atoms with Crippen LogP contribution < -0.4 is 21.3 Å². The summed E-state index contributed by atoms with van der Waals surface area (Å²) in [4.78, 5) is 18.7. The maximum Gasteiger partial charge on any atom is 0.235 e. The number of para-hydroxylation sites is 1. The van der Waals surface area contributed by atoms with Crippen molar-refractivity contribution >= 4 is 44.5 Å². The predicted octanol–water partition coefficient (Wildman–Crippen LogP) is 3.60. The molecule has 2 saturated carbocycles. The number of thiazole rings is 1. The highest BCUT2D eigenvalue weighted by molar-refractivity contribution is 7.22. The van der Waals surface area contributed by atoms with Crippen molar-refractivity contribution in [3.8, 4) is 0 Å². The average molecular weight is 423 g/mol. The molecule has 0 spiro atoms. The Kier molecular flexibility index (Phi) is 4.64. The Morgan fingerprint density at radius 3 is 2.53 bits per heavy atom. The summed E-state index contributed by atoms with van der Waals surface area (Å²) in [6, 6.07) is 8.95. The van der Waals surface area contributed by atoms with Crippen molar-refractivity contribution in [1.82, 2.24) is 25.3 Å². The minimum absolute atomic E-state index is 0.345. The molecular formula is C21H26N8S. The lowest BCUT2D eigenvalue weighted by atomic mass is 9.95. The smallest absolute Gasteiger partial charge is 0.235 e. The molecule has 9 heteroatoms. The van der Waals surface area contributed by atoms with Crippen molar-refractivity contribution < 1.29 is 0 Å². The van der Waals surface area contributed by atoms with Gasteiger partial charge in [-0.3, -0.25) is 5.32 Å². The summed E-state index contributed by atoms with van der Waals surface area (Å²) in [6.07, 6.45) is 6.35. The second-order valence-electron chi connectivity index (χ2n) is 8.68. The summed E-state index contributed by atoms with van der Waals surface area (Å²) in [7, 11) is 0. The molecule has 0 radical (unpaired) electrons. The zero-order chi connectivity index (χ0) is 19.9. The Bertz CT molecular complexity index is 1010. The summed E-state index contributed by atoms with van der Waals surface area (Å²) < 4.78 is 1.14. The number of fused-ring (bicyclic) bond motifs is 3. The molecular weight excluding hydrogens is 396 g/mol. The second kappa shape index (κ2) is 7.63. The highest BCUT2D eigenvalue weighted by Gasteiger charge is 2.39. The van der Waals surface area contributed by atoms with Crippen molar-refractivity contribution in [2.75, 3.05) is 29.0 Å². The van der Waals surface area contributed by atoms with Crippen LogP contribution in [0.25, 0.3) is 10.2 Å². The molecule has 1 aliphatic heterocycles. The summed E-state index contributed by atoms with van der Waals surface area (Å²) in [6.45, 7) is 1.96. The van der Waals surface area contributed by atoms with Gasteiger partial charge in [-0.1, -0.05) is 29.9 Å². The fraction of sp³-hybridized carbons (Fsp3) is 0.524. The molecule has 2 bridgehead atoms. The van der Waals surface area contributed by atoms with Crippen LogP contribution in [0.5, 0.6) is 0 Å². The van der Waals surface area contributed by atoms with Gasteiger partial charge in [0.15, 0.2) is 5.13 Å². The number of nitrogens with zero attached hydrogens (tertiary/aromatic N) is 4. The normalized spacial score (nSPS) is 27.6. The number of hydrogen-bond acceptors (Lipinski definition) is 9. The van der Waals surface area contributed by atoms with Gasteiger partial charge >= 0.3 is 0 Å². The van der Waals surface area contributed by atoms with E-state index < -0.39 is 0 Å². The van der Waals surface area contributed by atoms with E-state index in [2.05, 4.69) is 42.3 Å². The van der Waals surface area contributed by atoms with Gasteiger partial charge in [0.05, 0.1) is 10.2 Å². The lowest BCUT2D eigenvalue weighted by molar-refractivity contribution is 0.438. The fourth-order valence-electron chi connectivity index (χ4n) is 5.13. The molecule has 3 aromatic rings. The third-order valence-electron chi connectivity index (χ3n) is 6.59. The Hall–Kier alpha value is -2.52. The van der Waals surface area contributed by atoms with Gasteiger partial charge in [-0.05, 0) is 56.2 Å². The molecule has 3 fully saturated rings. The van der Waals surface area contributed by atoms with Crippen LogP contribution >= 0.6 is 11.3 Å². The summed E-state index contributed by atoms with van der Waals surface area (Å²) in [5, 5.41) is 14.6. The topological polar surface area (TPSA) is 99.7 Å². The molecule has 3 heterocycles. The molecule has 4 unspecified atom stereocenters. The molecule has 2 aliphatic carbocycles. The van der Waals surface area contributed by atoms with E-state index in [1.165, 1.54) is 25.7 Å². The summed E-state index contributed by atoms with van der Waals surface area (Å²) in [5.74, 6) is 3.43. The van der Waals surface area contributed by atoms with Gasteiger partial charge in [-0.25, -0.2) is 4.98 Å². The zero-order valence-corrected chi connectivity index (χ0v) is 17.6. The predicted molar refractivity (Wildman–Crippen MR) is 120 cm³/mol. The summed E-state index contributed by atoms with van der Waals surface area (Å²) in [5.41, 5.74) is 0.981. The van der Waals surface area contributed by atoms with Crippen molar-refractivity contribution in [2.24, 2.45) is 11.8 Å². The van der Waals surface area contributed by atoms with Crippen LogP contribution in [-0.2, 0) is 0 Å². The van der Waals surface area contributed by atoms with Crippen LogP contribution in [0.4, 0.5) is 23.0 Å². The number of anilines is 4. The molecule has 1 aromatic carbocycles. The number of aromatic nitrogens is 4. The average Bonchev–Trinajstić information content (AvgIpc) is 3.52. The van der Waals surface area contributed by atoms with E-state index >= 15 is 0 Å². The van der Waals surface area contributed by atoms with Gasteiger partial charge in [0.1, 0.15) is 0 Å². The number of benzene rings is 1. The van der Waals surface area contributed by atoms with E-state index in [0.717, 1.165) is 46.7 Å². The molecule has 4 atom stereocenters. The Balaban J connectivity index is 1.27. The Morgan fingerprint density at radius 2 is 1.77 bits per heavy atom. The molecule has 3 aliphatic rings. The van der Waals surface area contributed by atoms with Crippen LogP contribution in [0.2, 0.25) is 0 Å². The third-order valence-corrected chi connectivity index (χ3v) is 7.55. The van der Waals surface area contributed by atoms with Gasteiger partial charge in [0.2, 0.25) is 17.8 Å². The highest BCUT2D eigenvalue weighted by Crippen LogP contribution is 2.45. The van der Waals surface area contributed by atoms with Crippen molar-refractivity contribution in [2.45, 2.75) is 44.2 Å². The first-order valence-electron chi connectivity index (χ1n) is 10.9. The largest absolute Gasteiger partial charge is 0.351 e. The van der Waals surface area contributed by atoms with Gasteiger partial charge in [0.25, 0.3) is 0 Å². The number of nitrogens with one attached hydrogen (secondary N) is 4. The van der Waals surface area contributed by atoms with Gasteiger partial charge in [-0.15, -0.1) is 0 Å². The first kappa shape index (κ1) is 18.3. The quantitative estimate of drug-likeness (QED) is 0.478. The maximum absolute atomic E-state index is 4.70. The molecule has 156 valence electrons. The monoisotopic (exact) mass is 422 g/mol. The van der Waals surface area contributed by atoms with Crippen molar-refractivity contribution in [1.29, 1.82) is 0 Å². The standard InChI is InChI=1S/C21H26N8S/c1-2-4-17-15(3-1)25-21(30-17)29-20-27-18(23-14-7-8-22-11-14)26-19(28-20)24-16-10-12-5-6-13(16)9-12/h1-4,12-14,16,22H,5-11H2,(H3,23,24,25,26,27,28,29). The number of rotatable bonds is 6. The van der Waals surface area contributed by atoms with E-state index in [9.17, 15) is 0 Å². The van der Waals surface area contributed by atoms with Gasteiger partial charge < -0.3 is 16.0 Å². The lowest BCUT2D eigenvalue weighted by Crippen LogP contribution is -2.28. The molecule has 0 amide bonds. The molecule has 1 saturated heterocycles. The lowest BCUT2D eigenvalue weighted by Gasteiger charge is -2.23. The SMILES string of the molecule is c1ccc2sc(Nc3nc(NC4CCNC4)nc(NC4CC5CCC4C5)n3)nc2c1. The van der Waals surface area contributed by atoms with E-state index in [1.54, 1.807) is 11.3 Å². The van der Waals surface area contributed by atoms with Crippen molar-refractivity contribution in [3.63, 3.8) is 0 Å². The van der Waals surface area contributed by atoms with Crippen LogP contribution in [0.15, 0.2) is 24.3 Å². The molecule has 2 aromatic heterocycles. The van der Waals surface area contributed by atoms with E-state index in [1.807, 2.05) is 18.2 Å². The van der Waals surface area contributed by atoms with Gasteiger partial charge in [0, 0.05) is 18.6 Å². The molecule has 8 nitrogen and oxygen atoms in total. The van der Waals surface area contributed by atoms with Crippen LogP contribution in [0, 0.1) is 11.8 Å². The second-order valence-corrected chi connectivity index (χ2v) is 9.71. The summed E-state index contributed by atoms with van der Waals surface area (Å²) >= 11 is 1.61. The first-order chi connectivity index (χ1) is 14.8. The van der Waals surface area contributed by atoms with E-state index in [0.29, 0.717) is 29.9 Å². The van der Waals surface area contributed by atoms with Crippen LogP contribution in [-0.4, -0.2) is 45.1 Å². The first-order valence-corrected chi connectivity index (χ1v) is 11.7. The minimum Gasteiger partial charge on any atom is -0.351 e. The zero-order valence-electron chi connectivity index (χ0n) is 16.8. The Morgan fingerprint density at radius 1 is 0.900 bits per heavy atom. The third kappa shape index (κ3) is 3.67. The fourth-order valence-corrected chi connectivity index (χ4v) is 5.99. The van der Waals surface area contributed by atoms with E-state index in [4.69, 9.17) is 4.98 Å². The van der Waals surface area contributed by atoms with Crippen molar-refractivity contribution in [3.05, 3.63) is 24.3 Å². The molecule has 30 heavy (non-hydrogen) atoms. The van der Waals surface area contributed by atoms with Gasteiger partial charge in [-0.2, -0.15) is 15.0 Å². The highest BCUT2D eigenvalue weighted by atomic mass is 32.1. The molecule has 4 N–H and O–H groups in total. The number of hydrogen-bond donors (Lipinski definition) is 4. The maximum atomic E-state index is 4.70. The van der Waals surface area contributed by atoms with Crippen LogP contribution in [0.1, 0.15) is 32.1 Å². The minimum atomic E-state index is 0.345. The van der Waals surface area contributed by atoms with Crippen LogP contribution in [0.3, 0.4) is 0 Å². The van der Waals surface area contributed by atoms with E-state index in [-0.39, 0.29) is 0 Å². The Labute approximate surface area is 179 Å². The molecule has 6 rings (SSSR count).